The van der Waals surface area contributed by atoms with Gasteiger partial charge in [0.05, 0.1) is 11.8 Å². The van der Waals surface area contributed by atoms with Gasteiger partial charge in [0.2, 0.25) is 0 Å². The topological polar surface area (TPSA) is 54.4 Å². The average molecular weight is 202 g/mol. The number of aromatic nitrogens is 1. The predicted molar refractivity (Wildman–Crippen MR) is 59.2 cm³/mol. The second-order valence-electron chi connectivity index (χ2n) is 3.06. The molecule has 0 aliphatic rings. The van der Waals surface area contributed by atoms with E-state index in [0.717, 1.165) is 10.9 Å². The van der Waals surface area contributed by atoms with Crippen LogP contribution in [0.1, 0.15) is 5.56 Å². The molecule has 76 valence electrons. The van der Waals surface area contributed by atoms with E-state index in [-0.39, 0.29) is 5.56 Å². The lowest BCUT2D eigenvalue weighted by Crippen LogP contribution is -2.11. The van der Waals surface area contributed by atoms with Gasteiger partial charge in [-0.15, -0.1) is 0 Å². The van der Waals surface area contributed by atoms with Crippen molar-refractivity contribution in [3.8, 4) is 0 Å². The first kappa shape index (κ1) is 9.45. The number of pyridine rings is 1. The van der Waals surface area contributed by atoms with Crippen molar-refractivity contribution in [3.63, 3.8) is 0 Å². The van der Waals surface area contributed by atoms with Crippen LogP contribution in [0, 0.1) is 0 Å². The van der Waals surface area contributed by atoms with Gasteiger partial charge in [0.15, 0.2) is 0 Å². The summed E-state index contributed by atoms with van der Waals surface area (Å²) in [5.74, 6) is 0. The van der Waals surface area contributed by atoms with E-state index in [9.17, 15) is 4.79 Å². The Morgan fingerprint density at radius 3 is 3.00 bits per heavy atom. The lowest BCUT2D eigenvalue weighted by Gasteiger charge is -1.98. The fourth-order valence-corrected chi connectivity index (χ4v) is 1.37. The monoisotopic (exact) mass is 202 g/mol. The summed E-state index contributed by atoms with van der Waals surface area (Å²) in [6.07, 6.45) is 1.39. The highest BCUT2D eigenvalue weighted by Gasteiger charge is 1.99. The number of oxime groups is 1. The normalized spacial score (nSPS) is 11.0. The van der Waals surface area contributed by atoms with Gasteiger partial charge in [-0.05, 0) is 17.5 Å². The number of hydrogen-bond acceptors (Lipinski definition) is 3. The van der Waals surface area contributed by atoms with Crippen LogP contribution in [-0.2, 0) is 4.84 Å². The van der Waals surface area contributed by atoms with Crippen molar-refractivity contribution in [2.75, 3.05) is 7.11 Å². The van der Waals surface area contributed by atoms with E-state index in [1.165, 1.54) is 13.3 Å². The molecule has 0 spiro atoms. The fraction of sp³-hybridized carbons (Fsp3) is 0.0909. The number of nitrogens with one attached hydrogen (secondary N) is 1. The van der Waals surface area contributed by atoms with E-state index in [4.69, 9.17) is 0 Å². The first-order valence-electron chi connectivity index (χ1n) is 4.50. The highest BCUT2D eigenvalue weighted by atomic mass is 16.6. The molecule has 0 unspecified atom stereocenters. The molecule has 1 aromatic heterocycles. The van der Waals surface area contributed by atoms with Gasteiger partial charge in [0.1, 0.15) is 7.11 Å². The lowest BCUT2D eigenvalue weighted by molar-refractivity contribution is 0.215. The maximum Gasteiger partial charge on any atom is 0.257 e. The summed E-state index contributed by atoms with van der Waals surface area (Å²) in [4.78, 5) is 18.8. The van der Waals surface area contributed by atoms with Crippen LogP contribution >= 0.6 is 0 Å². The number of H-pyrrole nitrogens is 1. The number of rotatable bonds is 2. The molecule has 0 atom stereocenters. The Hall–Kier alpha value is -2.10. The molecular weight excluding hydrogens is 192 g/mol. The number of para-hydroxylation sites is 1. The van der Waals surface area contributed by atoms with Crippen molar-refractivity contribution < 1.29 is 4.84 Å². The molecule has 0 radical (unpaired) electrons. The van der Waals surface area contributed by atoms with Crippen LogP contribution in [0.4, 0.5) is 0 Å². The molecule has 0 aliphatic heterocycles. The quantitative estimate of drug-likeness (QED) is 0.592. The first-order valence-corrected chi connectivity index (χ1v) is 4.50. The Morgan fingerprint density at radius 1 is 1.40 bits per heavy atom. The van der Waals surface area contributed by atoms with Crippen LogP contribution in [0.5, 0.6) is 0 Å². The van der Waals surface area contributed by atoms with E-state index in [1.54, 1.807) is 6.07 Å². The minimum absolute atomic E-state index is 0.172. The molecule has 0 fully saturated rings. The molecule has 0 bridgehead atoms. The molecule has 1 aromatic carbocycles. The van der Waals surface area contributed by atoms with Crippen molar-refractivity contribution in [1.29, 1.82) is 0 Å². The Balaban J connectivity index is 2.62. The highest BCUT2D eigenvalue weighted by Crippen LogP contribution is 2.08. The smallest absolute Gasteiger partial charge is 0.257 e. The van der Waals surface area contributed by atoms with Crippen LogP contribution in [0.3, 0.4) is 0 Å². The minimum Gasteiger partial charge on any atom is -0.399 e. The van der Waals surface area contributed by atoms with Crippen LogP contribution in [0.25, 0.3) is 10.9 Å². The third-order valence-electron chi connectivity index (χ3n) is 2.08. The maximum absolute atomic E-state index is 11.5. The molecule has 1 N–H and O–H groups in total. The maximum atomic E-state index is 11.5. The number of nitrogens with zero attached hydrogens (tertiary/aromatic N) is 1. The van der Waals surface area contributed by atoms with Crippen molar-refractivity contribution in [3.05, 3.63) is 46.2 Å². The molecule has 15 heavy (non-hydrogen) atoms. The van der Waals surface area contributed by atoms with Crippen molar-refractivity contribution in [2.45, 2.75) is 0 Å². The summed E-state index contributed by atoms with van der Waals surface area (Å²) in [5, 5.41) is 4.53. The Morgan fingerprint density at radius 2 is 2.20 bits per heavy atom. The molecular formula is C11H10N2O2. The molecule has 2 rings (SSSR count). The minimum atomic E-state index is -0.172. The standard InChI is InChI=1S/C11H10N2O2/c1-15-12-7-9-6-8-4-2-3-5-10(8)13-11(9)14/h2-7H,1H3,(H,13,14). The summed E-state index contributed by atoms with van der Waals surface area (Å²) < 4.78 is 0. The number of hydrogen-bond donors (Lipinski definition) is 1. The third kappa shape index (κ3) is 1.88. The summed E-state index contributed by atoms with van der Waals surface area (Å²) >= 11 is 0. The third-order valence-corrected chi connectivity index (χ3v) is 2.08. The van der Waals surface area contributed by atoms with Gasteiger partial charge in [0.25, 0.3) is 5.56 Å². The molecule has 1 heterocycles. The van der Waals surface area contributed by atoms with Gasteiger partial charge in [-0.3, -0.25) is 4.79 Å². The van der Waals surface area contributed by atoms with Gasteiger partial charge >= 0.3 is 0 Å². The largest absolute Gasteiger partial charge is 0.399 e. The SMILES string of the molecule is CON=Cc1cc2ccccc2[nH]c1=O. The van der Waals surface area contributed by atoms with E-state index in [1.807, 2.05) is 24.3 Å². The van der Waals surface area contributed by atoms with Crippen LogP contribution in [0.2, 0.25) is 0 Å². The van der Waals surface area contributed by atoms with Crippen LogP contribution < -0.4 is 5.56 Å². The summed E-state index contributed by atoms with van der Waals surface area (Å²) in [6.45, 7) is 0. The van der Waals surface area contributed by atoms with E-state index in [2.05, 4.69) is 15.0 Å². The molecule has 4 nitrogen and oxygen atoms in total. The summed E-state index contributed by atoms with van der Waals surface area (Å²) in [5.41, 5.74) is 1.13. The van der Waals surface area contributed by atoms with Gasteiger partial charge < -0.3 is 9.82 Å². The highest BCUT2D eigenvalue weighted by molar-refractivity contribution is 5.87. The molecule has 4 heteroatoms. The lowest BCUT2D eigenvalue weighted by atomic mass is 10.2. The second-order valence-corrected chi connectivity index (χ2v) is 3.06. The van der Waals surface area contributed by atoms with Crippen molar-refractivity contribution in [1.82, 2.24) is 4.98 Å². The Labute approximate surface area is 86.2 Å². The molecule has 2 aromatic rings. The zero-order chi connectivity index (χ0) is 10.7. The van der Waals surface area contributed by atoms with Gasteiger partial charge in [-0.1, -0.05) is 23.4 Å². The first-order chi connectivity index (χ1) is 7.31. The van der Waals surface area contributed by atoms with Gasteiger partial charge in [-0.2, -0.15) is 0 Å². The molecule has 0 saturated heterocycles. The molecule has 0 amide bonds. The number of fused-ring (bicyclic) bond motifs is 1. The van der Waals surface area contributed by atoms with Gasteiger partial charge in [-0.25, -0.2) is 0 Å². The molecule has 0 aliphatic carbocycles. The van der Waals surface area contributed by atoms with Crippen molar-refractivity contribution >= 4 is 17.1 Å². The van der Waals surface area contributed by atoms with Gasteiger partial charge in [0, 0.05) is 5.52 Å². The Kier molecular flexibility index (Phi) is 2.49. The summed E-state index contributed by atoms with van der Waals surface area (Å²) in [7, 11) is 1.44. The van der Waals surface area contributed by atoms with E-state index in [0.29, 0.717) is 5.56 Å². The van der Waals surface area contributed by atoms with Crippen molar-refractivity contribution in [2.24, 2.45) is 5.16 Å². The summed E-state index contributed by atoms with van der Waals surface area (Å²) in [6, 6.07) is 9.35. The second kappa shape index (κ2) is 3.96. The molecule has 0 saturated carbocycles. The zero-order valence-electron chi connectivity index (χ0n) is 8.23. The fourth-order valence-electron chi connectivity index (χ4n) is 1.37. The number of aromatic amines is 1. The van der Waals surface area contributed by atoms with Crippen LogP contribution in [-0.4, -0.2) is 18.3 Å². The predicted octanol–water partition coefficient (Wildman–Crippen LogP) is 1.51. The Bertz CT molecular complexity index is 558. The zero-order valence-corrected chi connectivity index (χ0v) is 8.23. The van der Waals surface area contributed by atoms with E-state index >= 15 is 0 Å². The van der Waals surface area contributed by atoms with E-state index < -0.39 is 0 Å². The van der Waals surface area contributed by atoms with Crippen LogP contribution in [0.15, 0.2) is 40.3 Å². The number of benzene rings is 1. The average Bonchev–Trinajstić information content (AvgIpc) is 2.26.